The molecule has 1 aromatic carbocycles. The molecule has 1 fully saturated rings. The summed E-state index contributed by atoms with van der Waals surface area (Å²) >= 11 is 0. The van der Waals surface area contributed by atoms with Crippen molar-refractivity contribution in [2.24, 2.45) is 0 Å². The van der Waals surface area contributed by atoms with Gasteiger partial charge >= 0.3 is 0 Å². The number of benzene rings is 1. The van der Waals surface area contributed by atoms with Crippen molar-refractivity contribution in [3.8, 4) is 0 Å². The molecule has 2 atom stereocenters. The summed E-state index contributed by atoms with van der Waals surface area (Å²) in [6.45, 7) is 1.73. The number of ether oxygens (including phenoxy) is 1. The molecule has 1 N–H and O–H groups in total. The predicted molar refractivity (Wildman–Crippen MR) is 59.8 cm³/mol. The molecule has 3 rings (SSSR count). The number of nitrogens with one attached hydrogen (secondary N) is 1. The van der Waals surface area contributed by atoms with E-state index in [0.29, 0.717) is 6.61 Å². The lowest BCUT2D eigenvalue weighted by molar-refractivity contribution is 0.0172. The first-order chi connectivity index (χ1) is 7.86. The first kappa shape index (κ1) is 10.2. The molecule has 2 aliphatic heterocycles. The highest BCUT2D eigenvalue weighted by atomic mass is 19.1. The van der Waals surface area contributed by atoms with Crippen molar-refractivity contribution in [1.82, 2.24) is 5.32 Å². The second kappa shape index (κ2) is 4.15. The van der Waals surface area contributed by atoms with Crippen LogP contribution in [0.3, 0.4) is 0 Å². The maximum Gasteiger partial charge on any atom is 0.129 e. The molecule has 0 bridgehead atoms. The molecular formula is C13H16FNO. The Morgan fingerprint density at radius 2 is 2.31 bits per heavy atom. The summed E-state index contributed by atoms with van der Waals surface area (Å²) in [4.78, 5) is 0. The van der Waals surface area contributed by atoms with Crippen LogP contribution >= 0.6 is 0 Å². The van der Waals surface area contributed by atoms with E-state index < -0.39 is 0 Å². The summed E-state index contributed by atoms with van der Waals surface area (Å²) in [6, 6.07) is 5.63. The van der Waals surface area contributed by atoms with Gasteiger partial charge in [-0.05, 0) is 37.4 Å². The average molecular weight is 221 g/mol. The van der Waals surface area contributed by atoms with E-state index in [-0.39, 0.29) is 18.0 Å². The first-order valence-electron chi connectivity index (χ1n) is 5.98. The molecule has 2 nitrogen and oxygen atoms in total. The molecule has 86 valence electrons. The maximum atomic E-state index is 13.9. The summed E-state index contributed by atoms with van der Waals surface area (Å²) in [5, 5.41) is 3.40. The third kappa shape index (κ3) is 1.64. The predicted octanol–water partition coefficient (Wildman–Crippen LogP) is 2.19. The van der Waals surface area contributed by atoms with Gasteiger partial charge < -0.3 is 10.1 Å². The lowest BCUT2D eigenvalue weighted by Crippen LogP contribution is -2.34. The Kier molecular flexibility index (Phi) is 2.65. The fourth-order valence-corrected chi connectivity index (χ4v) is 2.78. The van der Waals surface area contributed by atoms with Crippen LogP contribution in [-0.2, 0) is 11.2 Å². The van der Waals surface area contributed by atoms with E-state index in [1.807, 2.05) is 6.07 Å². The number of halogens is 1. The van der Waals surface area contributed by atoms with Crippen molar-refractivity contribution in [1.29, 1.82) is 0 Å². The lowest BCUT2D eigenvalue weighted by atomic mass is 9.92. The van der Waals surface area contributed by atoms with E-state index in [0.717, 1.165) is 36.9 Å². The monoisotopic (exact) mass is 221 g/mol. The Bertz CT molecular complexity index is 388. The molecule has 16 heavy (non-hydrogen) atoms. The molecule has 0 spiro atoms. The van der Waals surface area contributed by atoms with Gasteiger partial charge in [0.05, 0.1) is 6.61 Å². The third-order valence-electron chi connectivity index (χ3n) is 3.56. The molecule has 1 aromatic rings. The molecule has 0 aromatic heterocycles. The zero-order valence-corrected chi connectivity index (χ0v) is 9.21. The van der Waals surface area contributed by atoms with Crippen LogP contribution in [0.1, 0.15) is 30.1 Å². The minimum absolute atomic E-state index is 0.0903. The minimum atomic E-state index is -0.115. The van der Waals surface area contributed by atoms with E-state index in [2.05, 4.69) is 5.32 Å². The van der Waals surface area contributed by atoms with Crippen LogP contribution in [0.4, 0.5) is 4.39 Å². The molecule has 3 heteroatoms. The molecule has 0 aliphatic carbocycles. The minimum Gasteiger partial charge on any atom is -0.371 e. The number of hydrogen-bond donors (Lipinski definition) is 1. The van der Waals surface area contributed by atoms with Gasteiger partial charge in [0.1, 0.15) is 11.9 Å². The normalized spacial score (nSPS) is 29.1. The van der Waals surface area contributed by atoms with Crippen molar-refractivity contribution < 1.29 is 9.13 Å². The van der Waals surface area contributed by atoms with Crippen molar-refractivity contribution in [2.45, 2.75) is 31.4 Å². The number of fused-ring (bicyclic) bond motifs is 1. The van der Waals surface area contributed by atoms with E-state index in [9.17, 15) is 4.39 Å². The smallest absolute Gasteiger partial charge is 0.129 e. The first-order valence-corrected chi connectivity index (χ1v) is 5.98. The zero-order chi connectivity index (χ0) is 11.0. The zero-order valence-electron chi connectivity index (χ0n) is 9.21. The second-order valence-corrected chi connectivity index (χ2v) is 4.56. The highest BCUT2D eigenvalue weighted by Gasteiger charge is 2.32. The third-order valence-corrected chi connectivity index (χ3v) is 3.56. The highest BCUT2D eigenvalue weighted by Crippen LogP contribution is 2.34. The molecule has 0 amide bonds. The van der Waals surface area contributed by atoms with Crippen LogP contribution < -0.4 is 5.32 Å². The number of rotatable bonds is 1. The molecule has 2 heterocycles. The molecular weight excluding hydrogens is 205 g/mol. The Hall–Kier alpha value is -0.930. The molecule has 0 radical (unpaired) electrons. The highest BCUT2D eigenvalue weighted by molar-refractivity contribution is 5.33. The molecule has 1 unspecified atom stereocenters. The van der Waals surface area contributed by atoms with Crippen molar-refractivity contribution >= 4 is 0 Å². The second-order valence-electron chi connectivity index (χ2n) is 4.56. The van der Waals surface area contributed by atoms with Gasteiger partial charge in [0, 0.05) is 11.6 Å². The SMILES string of the molecule is Fc1cccc2c1[C@H](C1CCCN1)OCC2. The molecule has 0 saturated carbocycles. The van der Waals surface area contributed by atoms with Crippen molar-refractivity contribution in [3.05, 3.63) is 35.1 Å². The van der Waals surface area contributed by atoms with Gasteiger partial charge in [-0.2, -0.15) is 0 Å². The van der Waals surface area contributed by atoms with Gasteiger partial charge in [0.2, 0.25) is 0 Å². The lowest BCUT2D eigenvalue weighted by Gasteiger charge is -2.30. The van der Waals surface area contributed by atoms with Gasteiger partial charge in [-0.15, -0.1) is 0 Å². The van der Waals surface area contributed by atoms with Crippen LogP contribution in [0.2, 0.25) is 0 Å². The van der Waals surface area contributed by atoms with Crippen molar-refractivity contribution in [3.63, 3.8) is 0 Å². The molecule has 1 saturated heterocycles. The van der Waals surface area contributed by atoms with Crippen LogP contribution in [0.25, 0.3) is 0 Å². The van der Waals surface area contributed by atoms with Crippen LogP contribution in [0.5, 0.6) is 0 Å². The van der Waals surface area contributed by atoms with E-state index in [1.165, 1.54) is 6.07 Å². The Balaban J connectivity index is 1.98. The quantitative estimate of drug-likeness (QED) is 0.785. The van der Waals surface area contributed by atoms with Crippen LogP contribution in [0.15, 0.2) is 18.2 Å². The topological polar surface area (TPSA) is 21.3 Å². The fourth-order valence-electron chi connectivity index (χ4n) is 2.78. The van der Waals surface area contributed by atoms with Crippen LogP contribution in [0, 0.1) is 5.82 Å². The average Bonchev–Trinajstić information content (AvgIpc) is 2.82. The Morgan fingerprint density at radius 3 is 3.12 bits per heavy atom. The van der Waals surface area contributed by atoms with E-state index in [4.69, 9.17) is 4.74 Å². The maximum absolute atomic E-state index is 13.9. The Morgan fingerprint density at radius 1 is 1.38 bits per heavy atom. The fraction of sp³-hybridized carbons (Fsp3) is 0.538. The van der Waals surface area contributed by atoms with Gasteiger partial charge in [-0.3, -0.25) is 0 Å². The number of hydrogen-bond acceptors (Lipinski definition) is 2. The summed E-state index contributed by atoms with van der Waals surface area (Å²) in [7, 11) is 0. The van der Waals surface area contributed by atoms with E-state index >= 15 is 0 Å². The Labute approximate surface area is 94.8 Å². The molecule has 2 aliphatic rings. The van der Waals surface area contributed by atoms with E-state index in [1.54, 1.807) is 6.07 Å². The summed E-state index contributed by atoms with van der Waals surface area (Å²) in [6.07, 6.45) is 2.98. The summed E-state index contributed by atoms with van der Waals surface area (Å²) < 4.78 is 19.6. The van der Waals surface area contributed by atoms with Crippen molar-refractivity contribution in [2.75, 3.05) is 13.2 Å². The van der Waals surface area contributed by atoms with Gasteiger partial charge in [-0.1, -0.05) is 12.1 Å². The standard InChI is InChI=1S/C13H16FNO/c14-10-4-1-3-9-6-8-16-13(12(9)10)11-5-2-7-15-11/h1,3-4,11,13,15H,2,5-8H2/t11?,13-/m0/s1. The summed E-state index contributed by atoms with van der Waals surface area (Å²) in [5.74, 6) is -0.115. The van der Waals surface area contributed by atoms with Gasteiger partial charge in [0.15, 0.2) is 0 Å². The summed E-state index contributed by atoms with van der Waals surface area (Å²) in [5.41, 5.74) is 1.90. The van der Waals surface area contributed by atoms with Gasteiger partial charge in [0.25, 0.3) is 0 Å². The van der Waals surface area contributed by atoms with Gasteiger partial charge in [-0.25, -0.2) is 4.39 Å². The largest absolute Gasteiger partial charge is 0.371 e. The van der Waals surface area contributed by atoms with Crippen LogP contribution in [-0.4, -0.2) is 19.2 Å².